The van der Waals surface area contributed by atoms with Gasteiger partial charge in [-0.2, -0.15) is 0 Å². The lowest BCUT2D eigenvalue weighted by atomic mass is 10.1. The molecule has 7 heteroatoms. The van der Waals surface area contributed by atoms with E-state index in [1.807, 2.05) is 0 Å². The highest BCUT2D eigenvalue weighted by Crippen LogP contribution is 2.56. The summed E-state index contributed by atoms with van der Waals surface area (Å²) in [6, 6.07) is 5.09. The number of halogens is 3. The lowest BCUT2D eigenvalue weighted by molar-refractivity contribution is 0.585. The third kappa shape index (κ3) is 6.56. The fourth-order valence-corrected chi connectivity index (χ4v) is 7.31. The van der Waals surface area contributed by atoms with Gasteiger partial charge >= 0.3 is 0 Å². The average molecular weight is 380 g/mol. The van der Waals surface area contributed by atoms with E-state index in [0.29, 0.717) is 21.3 Å². The summed E-state index contributed by atoms with van der Waals surface area (Å²) >= 11 is 18.7. The van der Waals surface area contributed by atoms with Gasteiger partial charge in [0.05, 0.1) is 5.02 Å². The maximum atomic E-state index is 10.4. The van der Waals surface area contributed by atoms with Gasteiger partial charge in [0.25, 0.3) is 0 Å². The Morgan fingerprint density at radius 2 is 2.05 bits per heavy atom. The second-order valence-electron chi connectivity index (χ2n) is 4.31. The van der Waals surface area contributed by atoms with Crippen molar-refractivity contribution in [2.75, 3.05) is 5.75 Å². The molecule has 1 aromatic rings. The molecule has 1 aromatic carbocycles. The minimum Gasteiger partial charge on any atom is -0.354 e. The van der Waals surface area contributed by atoms with Crippen LogP contribution >= 0.6 is 52.5 Å². The van der Waals surface area contributed by atoms with Crippen LogP contribution in [0, 0.1) is 5.92 Å². The van der Waals surface area contributed by atoms with Crippen LogP contribution in [0.4, 0.5) is 0 Å². The lowest BCUT2D eigenvalue weighted by Crippen LogP contribution is -2.05. The first-order valence-electron chi connectivity index (χ1n) is 5.79. The van der Waals surface area contributed by atoms with E-state index in [1.165, 1.54) is 11.4 Å². The Labute approximate surface area is 140 Å². The summed E-state index contributed by atoms with van der Waals surface area (Å²) in [5.41, 5.74) is -2.62. The van der Waals surface area contributed by atoms with Gasteiger partial charge in [-0.3, -0.25) is 0 Å². The fraction of sp³-hybridized carbons (Fsp3) is 0.500. The van der Waals surface area contributed by atoms with Gasteiger partial charge in [-0.1, -0.05) is 73.1 Å². The van der Waals surface area contributed by atoms with Crippen LogP contribution in [-0.4, -0.2) is 10.6 Å². The van der Waals surface area contributed by atoms with Crippen molar-refractivity contribution in [3.63, 3.8) is 0 Å². The number of hydrogen-bond donors (Lipinski definition) is 1. The number of rotatable bonds is 6. The predicted molar refractivity (Wildman–Crippen MR) is 96.4 cm³/mol. The standard InChI is InChI=1S/C12H17Cl2OPS2.ClH/c1-3-4-9(2)8-18-16(15,17)12-6-5-10(13)7-11(12)14;/h5-7,9H,3-4,8H2,1-2H3,(H,15,17);1H. The minimum atomic E-state index is -2.62. The van der Waals surface area contributed by atoms with E-state index in [-0.39, 0.29) is 12.4 Å². The molecule has 0 spiro atoms. The van der Waals surface area contributed by atoms with Crippen LogP contribution in [0.25, 0.3) is 0 Å². The van der Waals surface area contributed by atoms with Crippen molar-refractivity contribution in [3.8, 4) is 0 Å². The molecular formula is C12H18Cl3OPS2. The highest BCUT2D eigenvalue weighted by atomic mass is 35.5. The normalized spacial score (nSPS) is 15.4. The van der Waals surface area contributed by atoms with Gasteiger partial charge in [0.1, 0.15) is 5.47 Å². The molecule has 110 valence electrons. The molecule has 2 atom stereocenters. The highest BCUT2D eigenvalue weighted by Gasteiger charge is 2.21. The fourth-order valence-electron chi connectivity index (χ4n) is 1.58. The van der Waals surface area contributed by atoms with Crippen LogP contribution in [0.3, 0.4) is 0 Å². The molecule has 0 aliphatic carbocycles. The molecule has 0 saturated carbocycles. The van der Waals surface area contributed by atoms with Crippen molar-refractivity contribution < 1.29 is 4.89 Å². The second kappa shape index (κ2) is 9.15. The molecule has 0 fully saturated rings. The van der Waals surface area contributed by atoms with Crippen LogP contribution in [-0.2, 0) is 11.8 Å². The van der Waals surface area contributed by atoms with E-state index in [4.69, 9.17) is 35.0 Å². The van der Waals surface area contributed by atoms with Crippen LogP contribution in [0.15, 0.2) is 18.2 Å². The molecule has 0 radical (unpaired) electrons. The lowest BCUT2D eigenvalue weighted by Gasteiger charge is -2.18. The Hall–Kier alpha value is 1.05. The van der Waals surface area contributed by atoms with E-state index in [1.54, 1.807) is 18.2 Å². The zero-order chi connectivity index (χ0) is 13.8. The molecule has 0 bridgehead atoms. The Morgan fingerprint density at radius 1 is 1.42 bits per heavy atom. The van der Waals surface area contributed by atoms with Crippen molar-refractivity contribution in [2.45, 2.75) is 26.7 Å². The Kier molecular flexibility index (Phi) is 9.65. The monoisotopic (exact) mass is 378 g/mol. The van der Waals surface area contributed by atoms with Crippen LogP contribution in [0.5, 0.6) is 0 Å². The van der Waals surface area contributed by atoms with Gasteiger partial charge in [-0.25, -0.2) is 0 Å². The summed E-state index contributed by atoms with van der Waals surface area (Å²) in [5.74, 6) is 1.42. The first-order valence-corrected chi connectivity index (χ1v) is 10.9. The van der Waals surface area contributed by atoms with E-state index < -0.39 is 5.47 Å². The molecule has 1 N–H and O–H groups in total. The smallest absolute Gasteiger partial charge is 0.147 e. The molecule has 19 heavy (non-hydrogen) atoms. The Morgan fingerprint density at radius 3 is 2.58 bits per heavy atom. The van der Waals surface area contributed by atoms with Gasteiger partial charge < -0.3 is 4.89 Å². The summed E-state index contributed by atoms with van der Waals surface area (Å²) < 4.78 is 0. The highest BCUT2D eigenvalue weighted by molar-refractivity contribution is 8.71. The van der Waals surface area contributed by atoms with Crippen LogP contribution in [0.1, 0.15) is 26.7 Å². The first kappa shape index (κ1) is 20.1. The Balaban J connectivity index is 0.00000324. The van der Waals surface area contributed by atoms with E-state index in [2.05, 4.69) is 13.8 Å². The van der Waals surface area contributed by atoms with Gasteiger partial charge in [0.15, 0.2) is 0 Å². The molecule has 2 unspecified atom stereocenters. The van der Waals surface area contributed by atoms with Gasteiger partial charge in [0.2, 0.25) is 0 Å². The third-order valence-electron chi connectivity index (χ3n) is 2.53. The molecule has 0 heterocycles. The van der Waals surface area contributed by atoms with Gasteiger partial charge in [-0.15, -0.1) is 12.4 Å². The Bertz CT molecular complexity index is 457. The van der Waals surface area contributed by atoms with Crippen molar-refractivity contribution >= 4 is 69.6 Å². The van der Waals surface area contributed by atoms with Gasteiger partial charge in [-0.05, 0) is 24.1 Å². The second-order valence-corrected chi connectivity index (χ2v) is 11.9. The minimum absolute atomic E-state index is 0. The summed E-state index contributed by atoms with van der Waals surface area (Å²) in [6.07, 6.45) is 2.30. The third-order valence-corrected chi connectivity index (χ3v) is 8.90. The molecule has 0 aromatic heterocycles. The van der Waals surface area contributed by atoms with Crippen molar-refractivity contribution in [3.05, 3.63) is 28.2 Å². The molecule has 1 nitrogen and oxygen atoms in total. The van der Waals surface area contributed by atoms with Crippen molar-refractivity contribution in [1.82, 2.24) is 0 Å². The molecular weight excluding hydrogens is 362 g/mol. The molecule has 0 saturated heterocycles. The summed E-state index contributed by atoms with van der Waals surface area (Å²) in [6.45, 7) is 4.33. The van der Waals surface area contributed by atoms with Crippen molar-refractivity contribution in [2.24, 2.45) is 5.92 Å². The average Bonchev–Trinajstić information content (AvgIpc) is 2.26. The topological polar surface area (TPSA) is 20.2 Å². The van der Waals surface area contributed by atoms with Gasteiger partial charge in [0, 0.05) is 16.1 Å². The summed E-state index contributed by atoms with van der Waals surface area (Å²) in [4.78, 5) is 10.4. The maximum absolute atomic E-state index is 10.4. The van der Waals surface area contributed by atoms with E-state index in [9.17, 15) is 4.89 Å². The zero-order valence-corrected chi connectivity index (χ0v) is 15.7. The van der Waals surface area contributed by atoms with Crippen LogP contribution in [0.2, 0.25) is 10.0 Å². The summed E-state index contributed by atoms with van der Waals surface area (Å²) in [5, 5.41) is 1.67. The number of benzene rings is 1. The van der Waals surface area contributed by atoms with Crippen LogP contribution < -0.4 is 5.30 Å². The molecule has 1 rings (SSSR count). The van der Waals surface area contributed by atoms with E-state index in [0.717, 1.165) is 18.6 Å². The summed E-state index contributed by atoms with van der Waals surface area (Å²) in [7, 11) is 0. The maximum Gasteiger partial charge on any atom is 0.147 e. The largest absolute Gasteiger partial charge is 0.354 e. The first-order chi connectivity index (χ1) is 8.36. The predicted octanol–water partition coefficient (Wildman–Crippen LogP) is 5.51. The molecule has 0 aliphatic rings. The van der Waals surface area contributed by atoms with Crippen molar-refractivity contribution in [1.29, 1.82) is 0 Å². The SMILES string of the molecule is CCCC(C)CSP(O)(=S)c1ccc(Cl)cc1Cl.Cl. The van der Waals surface area contributed by atoms with E-state index >= 15 is 0 Å². The molecule has 0 aliphatic heterocycles. The number of hydrogen-bond acceptors (Lipinski definition) is 2. The quantitative estimate of drug-likeness (QED) is 0.658. The molecule has 0 amide bonds. The zero-order valence-electron chi connectivity index (χ0n) is 10.8.